The molecule has 0 bridgehead atoms. The summed E-state index contributed by atoms with van der Waals surface area (Å²) in [7, 11) is 0. The number of carbonyl (C=O) groups is 1. The van der Waals surface area contributed by atoms with Crippen LogP contribution >= 0.6 is 12.4 Å². The maximum absolute atomic E-state index is 13.5. The van der Waals surface area contributed by atoms with Gasteiger partial charge in [0.25, 0.3) is 0 Å². The number of imidazole rings is 1. The molecule has 0 aliphatic heterocycles. The van der Waals surface area contributed by atoms with Gasteiger partial charge in [-0.2, -0.15) is 0 Å². The number of ether oxygens (including phenoxy) is 1. The van der Waals surface area contributed by atoms with Crippen molar-refractivity contribution in [2.45, 2.75) is 26.2 Å². The molecule has 0 spiro atoms. The predicted molar refractivity (Wildman–Crippen MR) is 104 cm³/mol. The number of rotatable bonds is 7. The van der Waals surface area contributed by atoms with E-state index in [1.165, 1.54) is 12.1 Å². The number of aromatic nitrogens is 2. The Morgan fingerprint density at radius 2 is 2.11 bits per heavy atom. The van der Waals surface area contributed by atoms with Crippen LogP contribution in [0.25, 0.3) is 5.65 Å². The van der Waals surface area contributed by atoms with E-state index in [1.54, 1.807) is 35.7 Å². The average molecular weight is 393 g/mol. The molecule has 2 heterocycles. The molecule has 0 unspecified atom stereocenters. The van der Waals surface area contributed by atoms with E-state index in [2.05, 4.69) is 4.98 Å². The Hall–Kier alpha value is -2.44. The highest BCUT2D eigenvalue weighted by molar-refractivity contribution is 5.97. The third-order valence-electron chi connectivity index (χ3n) is 4.32. The maximum atomic E-state index is 13.5. The summed E-state index contributed by atoms with van der Waals surface area (Å²) in [5.41, 5.74) is 2.23. The van der Waals surface area contributed by atoms with Crippen molar-refractivity contribution in [1.29, 1.82) is 0 Å². The van der Waals surface area contributed by atoms with Crippen LogP contribution in [0.4, 0.5) is 4.39 Å². The second-order valence-corrected chi connectivity index (χ2v) is 6.11. The van der Waals surface area contributed by atoms with Crippen molar-refractivity contribution in [1.82, 2.24) is 9.38 Å². The number of benzene rings is 1. The van der Waals surface area contributed by atoms with Crippen molar-refractivity contribution in [3.63, 3.8) is 0 Å². The number of ketones is 1. The van der Waals surface area contributed by atoms with E-state index in [-0.39, 0.29) is 37.0 Å². The molecule has 1 aromatic carbocycles. The van der Waals surface area contributed by atoms with Crippen LogP contribution in [0.2, 0.25) is 0 Å². The summed E-state index contributed by atoms with van der Waals surface area (Å²) < 4.78 is 20.8. The molecule has 0 radical (unpaired) electrons. The van der Waals surface area contributed by atoms with Crippen molar-refractivity contribution in [2.24, 2.45) is 0 Å². The van der Waals surface area contributed by atoms with Gasteiger partial charge in [0, 0.05) is 18.5 Å². The molecule has 0 amide bonds. The summed E-state index contributed by atoms with van der Waals surface area (Å²) >= 11 is 0. The van der Waals surface area contributed by atoms with E-state index in [4.69, 9.17) is 4.74 Å². The Morgan fingerprint density at radius 1 is 1.33 bits per heavy atom. The number of pyridine rings is 1. The quantitative estimate of drug-likeness (QED) is 0.618. The summed E-state index contributed by atoms with van der Waals surface area (Å²) in [6, 6.07) is 9.58. The van der Waals surface area contributed by atoms with Crippen LogP contribution in [0.5, 0.6) is 5.75 Å². The van der Waals surface area contributed by atoms with Crippen LogP contribution in [0.15, 0.2) is 42.6 Å². The van der Waals surface area contributed by atoms with Crippen LogP contribution in [0, 0.1) is 12.7 Å². The summed E-state index contributed by atoms with van der Waals surface area (Å²) in [6.45, 7) is 3.92. The number of aliphatic hydroxyl groups excluding tert-OH is 1. The standard InChI is InChI=1S/C20H21FN2O3.ClH/c1-3-26-18-8-5-9-23-19(13(2)22-20(18)23)17(25)11-15(12-24)14-6-4-7-16(21)10-14;/h4-10,15,24H,3,11-12H2,1-2H3;1H/t15-;/m0./s1. The van der Waals surface area contributed by atoms with Crippen LogP contribution in [0.1, 0.15) is 41.0 Å². The van der Waals surface area contributed by atoms with Crippen molar-refractivity contribution in [2.75, 3.05) is 13.2 Å². The number of aliphatic hydroxyl groups is 1. The molecule has 7 heteroatoms. The molecule has 0 saturated heterocycles. The number of hydrogen-bond donors (Lipinski definition) is 1. The van der Waals surface area contributed by atoms with Crippen molar-refractivity contribution >= 4 is 23.8 Å². The first-order valence-electron chi connectivity index (χ1n) is 8.55. The maximum Gasteiger partial charge on any atom is 0.182 e. The molecule has 0 saturated carbocycles. The lowest BCUT2D eigenvalue weighted by molar-refractivity contribution is 0.0953. The Balaban J connectivity index is 0.00000261. The Labute approximate surface area is 163 Å². The third kappa shape index (κ3) is 4.28. The van der Waals surface area contributed by atoms with Crippen molar-refractivity contribution in [3.05, 3.63) is 65.4 Å². The fourth-order valence-electron chi connectivity index (χ4n) is 3.13. The lowest BCUT2D eigenvalue weighted by Gasteiger charge is -2.14. The van der Waals surface area contributed by atoms with Crippen LogP contribution < -0.4 is 4.74 Å². The van der Waals surface area contributed by atoms with Crippen LogP contribution in [-0.4, -0.2) is 33.5 Å². The molecular weight excluding hydrogens is 371 g/mol. The Kier molecular flexibility index (Phi) is 6.93. The Bertz CT molecular complexity index is 942. The molecule has 3 aromatic rings. The zero-order chi connectivity index (χ0) is 18.7. The highest BCUT2D eigenvalue weighted by atomic mass is 35.5. The van der Waals surface area contributed by atoms with E-state index in [9.17, 15) is 14.3 Å². The number of carbonyl (C=O) groups excluding carboxylic acids is 1. The zero-order valence-corrected chi connectivity index (χ0v) is 16.0. The highest BCUT2D eigenvalue weighted by Gasteiger charge is 2.23. The van der Waals surface area contributed by atoms with Crippen LogP contribution in [0.3, 0.4) is 0 Å². The minimum Gasteiger partial charge on any atom is -0.490 e. The molecular formula is C20H22ClFN2O3. The lowest BCUT2D eigenvalue weighted by atomic mass is 9.93. The van der Waals surface area contributed by atoms with Gasteiger partial charge in [0.05, 0.1) is 18.9 Å². The monoisotopic (exact) mass is 392 g/mol. The van der Waals surface area contributed by atoms with E-state index in [0.717, 1.165) is 0 Å². The fraction of sp³-hybridized carbons (Fsp3) is 0.300. The van der Waals surface area contributed by atoms with E-state index >= 15 is 0 Å². The molecule has 1 N–H and O–H groups in total. The normalized spacial score (nSPS) is 11.9. The number of halogens is 2. The van der Waals surface area contributed by atoms with Gasteiger partial charge in [-0.25, -0.2) is 9.37 Å². The second kappa shape index (κ2) is 8.97. The van der Waals surface area contributed by atoms with E-state index < -0.39 is 5.92 Å². The van der Waals surface area contributed by atoms with Crippen LogP contribution in [-0.2, 0) is 0 Å². The molecule has 3 rings (SSSR count). The Morgan fingerprint density at radius 3 is 2.78 bits per heavy atom. The lowest BCUT2D eigenvalue weighted by Crippen LogP contribution is -2.14. The second-order valence-electron chi connectivity index (χ2n) is 6.11. The first-order valence-corrected chi connectivity index (χ1v) is 8.55. The molecule has 144 valence electrons. The topological polar surface area (TPSA) is 63.8 Å². The summed E-state index contributed by atoms with van der Waals surface area (Å²) in [4.78, 5) is 17.4. The summed E-state index contributed by atoms with van der Waals surface area (Å²) in [5, 5.41) is 9.70. The molecule has 0 aliphatic rings. The SMILES string of the molecule is CCOc1cccn2c(C(=O)C[C@@H](CO)c3cccc(F)c3)c(C)nc12.Cl. The van der Waals surface area contributed by atoms with Gasteiger partial charge in [0.2, 0.25) is 0 Å². The number of aryl methyl sites for hydroxylation is 1. The summed E-state index contributed by atoms with van der Waals surface area (Å²) in [6.07, 6.45) is 1.83. The third-order valence-corrected chi connectivity index (χ3v) is 4.32. The van der Waals surface area contributed by atoms with Crippen molar-refractivity contribution in [3.8, 4) is 5.75 Å². The first-order chi connectivity index (χ1) is 12.5. The van der Waals surface area contributed by atoms with Gasteiger partial charge in [-0.15, -0.1) is 12.4 Å². The van der Waals surface area contributed by atoms with E-state index in [0.29, 0.717) is 35.0 Å². The molecule has 5 nitrogen and oxygen atoms in total. The molecule has 0 aliphatic carbocycles. The zero-order valence-electron chi connectivity index (χ0n) is 15.2. The minimum atomic E-state index is -0.474. The van der Waals surface area contributed by atoms with Gasteiger partial charge in [0.15, 0.2) is 17.2 Å². The van der Waals surface area contributed by atoms with Gasteiger partial charge in [-0.3, -0.25) is 9.20 Å². The molecule has 27 heavy (non-hydrogen) atoms. The predicted octanol–water partition coefficient (Wildman–Crippen LogP) is 3.95. The number of Topliss-reactive ketones (excluding diaryl/α,β-unsaturated/α-hetero) is 1. The smallest absolute Gasteiger partial charge is 0.182 e. The largest absolute Gasteiger partial charge is 0.490 e. The molecule has 2 aromatic heterocycles. The van der Waals surface area contributed by atoms with Gasteiger partial charge in [-0.1, -0.05) is 12.1 Å². The molecule has 1 atom stereocenters. The first kappa shape index (κ1) is 20.9. The average Bonchev–Trinajstić information content (AvgIpc) is 2.97. The van der Waals surface area contributed by atoms with E-state index in [1.807, 2.05) is 13.0 Å². The number of nitrogens with zero attached hydrogens (tertiary/aromatic N) is 2. The highest BCUT2D eigenvalue weighted by Crippen LogP contribution is 2.26. The number of hydrogen-bond acceptors (Lipinski definition) is 4. The molecule has 0 fully saturated rings. The van der Waals surface area contributed by atoms with Gasteiger partial charge < -0.3 is 9.84 Å². The fourth-order valence-corrected chi connectivity index (χ4v) is 3.13. The number of fused-ring (bicyclic) bond motifs is 1. The summed E-state index contributed by atoms with van der Waals surface area (Å²) in [5.74, 6) is -0.410. The van der Waals surface area contributed by atoms with Crippen molar-refractivity contribution < 1.29 is 19.0 Å². The minimum absolute atomic E-state index is 0. The van der Waals surface area contributed by atoms with Gasteiger partial charge >= 0.3 is 0 Å². The van der Waals surface area contributed by atoms with Gasteiger partial charge in [-0.05, 0) is 43.7 Å². The van der Waals surface area contributed by atoms with Gasteiger partial charge in [0.1, 0.15) is 11.5 Å².